The van der Waals surface area contributed by atoms with E-state index in [4.69, 9.17) is 0 Å². The topological polar surface area (TPSA) is 72.9 Å². The summed E-state index contributed by atoms with van der Waals surface area (Å²) in [6.07, 6.45) is 3.41. The Hall–Kier alpha value is -0.940. The van der Waals surface area contributed by atoms with Gasteiger partial charge in [-0.2, -0.15) is 0 Å². The number of thiazole rings is 1. The van der Waals surface area contributed by atoms with E-state index in [2.05, 4.69) is 56.6 Å². The molecule has 1 aliphatic carbocycles. The second-order valence-corrected chi connectivity index (χ2v) is 9.18. The van der Waals surface area contributed by atoms with Crippen molar-refractivity contribution in [3.63, 3.8) is 0 Å². The van der Waals surface area contributed by atoms with E-state index in [1.807, 2.05) is 0 Å². The average Bonchev–Trinajstić information content (AvgIpc) is 3.14. The van der Waals surface area contributed by atoms with Gasteiger partial charge < -0.3 is 15.5 Å². The van der Waals surface area contributed by atoms with Gasteiger partial charge in [0, 0.05) is 57.1 Å². The maximum Gasteiger partial charge on any atom is 0.225 e. The van der Waals surface area contributed by atoms with Gasteiger partial charge in [0.25, 0.3) is 0 Å². The molecule has 1 aromatic rings. The molecule has 0 aromatic carbocycles. The third-order valence-corrected chi connectivity index (χ3v) is 6.59. The van der Waals surface area contributed by atoms with Crippen LogP contribution in [0.1, 0.15) is 56.7 Å². The summed E-state index contributed by atoms with van der Waals surface area (Å²) in [4.78, 5) is 26.2. The Morgan fingerprint density at radius 1 is 1.27 bits per heavy atom. The highest BCUT2D eigenvalue weighted by Crippen LogP contribution is 2.28. The lowest BCUT2D eigenvalue weighted by Crippen LogP contribution is -2.52. The summed E-state index contributed by atoms with van der Waals surface area (Å²) in [6, 6.07) is 0. The van der Waals surface area contributed by atoms with Gasteiger partial charge in [-0.3, -0.25) is 9.69 Å². The van der Waals surface area contributed by atoms with Crippen LogP contribution in [0.15, 0.2) is 10.4 Å². The first-order valence-electron chi connectivity index (χ1n) is 11.0. The monoisotopic (exact) mass is 548 g/mol. The first-order chi connectivity index (χ1) is 14.1. The van der Waals surface area contributed by atoms with Crippen LogP contribution in [0.25, 0.3) is 0 Å². The van der Waals surface area contributed by atoms with E-state index in [1.54, 1.807) is 11.3 Å². The first kappa shape index (κ1) is 25.3. The van der Waals surface area contributed by atoms with Gasteiger partial charge in [0.1, 0.15) is 5.01 Å². The Morgan fingerprint density at radius 2 is 2.00 bits per heavy atom. The molecule has 170 valence electrons. The fraction of sp³-hybridized carbons (Fsp3) is 0.762. The Kier molecular flexibility index (Phi) is 10.8. The van der Waals surface area contributed by atoms with E-state index in [0.717, 1.165) is 75.3 Å². The van der Waals surface area contributed by atoms with E-state index in [-0.39, 0.29) is 24.0 Å². The molecular formula is C21H37IN6OS. The van der Waals surface area contributed by atoms with E-state index in [1.165, 1.54) is 6.42 Å². The number of rotatable bonds is 8. The van der Waals surface area contributed by atoms with Crippen LogP contribution in [0.5, 0.6) is 0 Å². The van der Waals surface area contributed by atoms with Crippen molar-refractivity contribution in [2.24, 2.45) is 10.9 Å². The lowest BCUT2D eigenvalue weighted by molar-refractivity contribution is -0.139. The number of carbonyl (C=O) groups is 1. The molecule has 1 aliphatic heterocycles. The normalized spacial score (nSPS) is 18.1. The zero-order chi connectivity index (χ0) is 20.6. The molecule has 9 heteroatoms. The molecule has 30 heavy (non-hydrogen) atoms. The molecule has 2 heterocycles. The molecule has 0 unspecified atom stereocenters. The largest absolute Gasteiger partial charge is 0.357 e. The Bertz CT molecular complexity index is 683. The molecule has 7 nitrogen and oxygen atoms in total. The second kappa shape index (κ2) is 12.8. The Morgan fingerprint density at radius 3 is 2.57 bits per heavy atom. The second-order valence-electron chi connectivity index (χ2n) is 8.24. The lowest BCUT2D eigenvalue weighted by Gasteiger charge is -2.38. The van der Waals surface area contributed by atoms with Gasteiger partial charge in [-0.1, -0.05) is 20.3 Å². The van der Waals surface area contributed by atoms with Crippen molar-refractivity contribution in [3.05, 3.63) is 16.1 Å². The van der Waals surface area contributed by atoms with Crippen LogP contribution in [0.3, 0.4) is 0 Å². The van der Waals surface area contributed by atoms with Gasteiger partial charge in [-0.05, 0) is 25.7 Å². The number of guanidine groups is 1. The van der Waals surface area contributed by atoms with E-state index >= 15 is 0 Å². The van der Waals surface area contributed by atoms with Crippen molar-refractivity contribution >= 4 is 47.2 Å². The number of nitrogens with zero attached hydrogens (tertiary/aromatic N) is 4. The van der Waals surface area contributed by atoms with Crippen molar-refractivity contribution in [1.29, 1.82) is 0 Å². The third-order valence-electron chi connectivity index (χ3n) is 5.74. The number of piperazine rings is 1. The highest BCUT2D eigenvalue weighted by atomic mass is 127. The summed E-state index contributed by atoms with van der Waals surface area (Å²) in [6.45, 7) is 13.3. The minimum absolute atomic E-state index is 0. The first-order valence-corrected chi connectivity index (χ1v) is 11.9. The van der Waals surface area contributed by atoms with Crippen LogP contribution in [-0.2, 0) is 11.3 Å². The zero-order valence-corrected chi connectivity index (χ0v) is 21.7. The van der Waals surface area contributed by atoms with Gasteiger partial charge in [0.2, 0.25) is 5.91 Å². The highest BCUT2D eigenvalue weighted by molar-refractivity contribution is 14.0. The predicted molar refractivity (Wildman–Crippen MR) is 135 cm³/mol. The van der Waals surface area contributed by atoms with Gasteiger partial charge in [-0.15, -0.1) is 35.3 Å². The quantitative estimate of drug-likeness (QED) is 0.297. The average molecular weight is 549 g/mol. The minimum Gasteiger partial charge on any atom is -0.357 e. The van der Waals surface area contributed by atoms with Gasteiger partial charge >= 0.3 is 0 Å². The maximum atomic E-state index is 12.4. The number of halogens is 1. The summed E-state index contributed by atoms with van der Waals surface area (Å²) in [5, 5.41) is 9.93. The molecule has 0 atom stereocenters. The Labute approximate surface area is 202 Å². The fourth-order valence-corrected chi connectivity index (χ4v) is 4.47. The SMILES string of the molecule is CCNC(=NCc1nc(C(C)C)cs1)NCCN1CCN(C(=O)C2CCC2)CC1.I. The highest BCUT2D eigenvalue weighted by Gasteiger charge is 2.30. The van der Waals surface area contributed by atoms with E-state index < -0.39 is 0 Å². The maximum absolute atomic E-state index is 12.4. The molecule has 2 N–H and O–H groups in total. The molecule has 3 rings (SSSR count). The summed E-state index contributed by atoms with van der Waals surface area (Å²) < 4.78 is 0. The molecule has 0 spiro atoms. The number of aromatic nitrogens is 1. The van der Waals surface area contributed by atoms with Gasteiger partial charge in [0.05, 0.1) is 12.2 Å². The van der Waals surface area contributed by atoms with Crippen LogP contribution in [-0.4, -0.2) is 72.5 Å². The van der Waals surface area contributed by atoms with Crippen molar-refractivity contribution in [2.45, 2.75) is 52.5 Å². The zero-order valence-electron chi connectivity index (χ0n) is 18.5. The summed E-state index contributed by atoms with van der Waals surface area (Å²) >= 11 is 1.68. The van der Waals surface area contributed by atoms with Crippen molar-refractivity contribution in [1.82, 2.24) is 25.4 Å². The summed E-state index contributed by atoms with van der Waals surface area (Å²) in [7, 11) is 0. The molecule has 1 amide bonds. The molecule has 2 aliphatic rings. The Balaban J connectivity index is 0.00000320. The van der Waals surface area contributed by atoms with Gasteiger partial charge in [-0.25, -0.2) is 9.98 Å². The van der Waals surface area contributed by atoms with Crippen LogP contribution < -0.4 is 10.6 Å². The number of hydrogen-bond acceptors (Lipinski definition) is 5. The lowest BCUT2D eigenvalue weighted by atomic mass is 9.84. The third kappa shape index (κ3) is 7.33. The number of hydrogen-bond donors (Lipinski definition) is 2. The summed E-state index contributed by atoms with van der Waals surface area (Å²) in [5.41, 5.74) is 1.15. The molecule has 1 saturated carbocycles. The van der Waals surface area contributed by atoms with Crippen LogP contribution in [0.4, 0.5) is 0 Å². The standard InChI is InChI=1S/C21H36N6OS.HI/c1-4-22-21(24-14-19-25-18(15-29-19)16(2)3)23-8-9-26-10-12-27(13-11-26)20(28)17-6-5-7-17;/h15-17H,4-14H2,1-3H3,(H2,22,23,24);1H. The molecule has 2 fully saturated rings. The van der Waals surface area contributed by atoms with Crippen LogP contribution in [0, 0.1) is 5.92 Å². The van der Waals surface area contributed by atoms with E-state index in [9.17, 15) is 4.79 Å². The van der Waals surface area contributed by atoms with Crippen LogP contribution in [0.2, 0.25) is 0 Å². The smallest absolute Gasteiger partial charge is 0.225 e. The van der Waals surface area contributed by atoms with Gasteiger partial charge in [0.15, 0.2) is 5.96 Å². The predicted octanol–water partition coefficient (Wildman–Crippen LogP) is 2.88. The van der Waals surface area contributed by atoms with Crippen molar-refractivity contribution in [2.75, 3.05) is 45.8 Å². The minimum atomic E-state index is 0. The molecule has 1 aromatic heterocycles. The summed E-state index contributed by atoms with van der Waals surface area (Å²) in [5.74, 6) is 2.00. The fourth-order valence-electron chi connectivity index (χ4n) is 3.59. The number of aliphatic imine (C=N–C) groups is 1. The molecule has 1 saturated heterocycles. The molecule has 0 radical (unpaired) electrons. The van der Waals surface area contributed by atoms with Crippen LogP contribution >= 0.6 is 35.3 Å². The molecule has 0 bridgehead atoms. The number of amides is 1. The number of nitrogens with one attached hydrogen (secondary N) is 2. The van der Waals surface area contributed by atoms with E-state index in [0.29, 0.717) is 24.3 Å². The molecular weight excluding hydrogens is 511 g/mol. The van der Waals surface area contributed by atoms with Crippen molar-refractivity contribution < 1.29 is 4.79 Å². The van der Waals surface area contributed by atoms with Crippen molar-refractivity contribution in [3.8, 4) is 0 Å². The number of carbonyl (C=O) groups excluding carboxylic acids is 1.